The number of likely N-dealkylation sites (N-methyl/N-ethyl adjacent to an activating group) is 2. The standard InChI is InChI=1S/C13H23N3O/c1-15-6-3-5-13(10-14,11-15)16(2)8-12-4-7-17-9-12/h4,7,9H,3,5-6,8,10-11,14H2,1-2H3. The molecule has 96 valence electrons. The summed E-state index contributed by atoms with van der Waals surface area (Å²) in [6, 6.07) is 2.02. The van der Waals surface area contributed by atoms with Gasteiger partial charge >= 0.3 is 0 Å². The number of nitrogens with two attached hydrogens (primary N) is 1. The van der Waals surface area contributed by atoms with Crippen molar-refractivity contribution < 1.29 is 4.42 Å². The van der Waals surface area contributed by atoms with Crippen molar-refractivity contribution in [3.8, 4) is 0 Å². The smallest absolute Gasteiger partial charge is 0.0947 e. The van der Waals surface area contributed by atoms with Gasteiger partial charge in [-0.2, -0.15) is 0 Å². The van der Waals surface area contributed by atoms with Crippen LogP contribution in [-0.2, 0) is 6.54 Å². The van der Waals surface area contributed by atoms with Gasteiger partial charge in [-0.05, 0) is 39.5 Å². The first kappa shape index (κ1) is 12.6. The molecule has 17 heavy (non-hydrogen) atoms. The topological polar surface area (TPSA) is 45.6 Å². The predicted molar refractivity (Wildman–Crippen MR) is 68.7 cm³/mol. The first-order chi connectivity index (χ1) is 8.16. The highest BCUT2D eigenvalue weighted by atomic mass is 16.3. The fraction of sp³-hybridized carbons (Fsp3) is 0.692. The molecule has 4 nitrogen and oxygen atoms in total. The van der Waals surface area contributed by atoms with E-state index in [0.29, 0.717) is 6.54 Å². The summed E-state index contributed by atoms with van der Waals surface area (Å²) in [6.07, 6.45) is 5.95. The van der Waals surface area contributed by atoms with E-state index in [0.717, 1.165) is 13.1 Å². The van der Waals surface area contributed by atoms with Gasteiger partial charge in [0.25, 0.3) is 0 Å². The van der Waals surface area contributed by atoms with Crippen molar-refractivity contribution in [3.63, 3.8) is 0 Å². The third kappa shape index (κ3) is 2.70. The van der Waals surface area contributed by atoms with Crippen LogP contribution in [0, 0.1) is 0 Å². The Balaban J connectivity index is 2.06. The molecule has 1 atom stereocenters. The van der Waals surface area contributed by atoms with Crippen LogP contribution in [0.2, 0.25) is 0 Å². The van der Waals surface area contributed by atoms with Gasteiger partial charge in [0.05, 0.1) is 12.5 Å². The summed E-state index contributed by atoms with van der Waals surface area (Å²) in [7, 11) is 4.34. The van der Waals surface area contributed by atoms with Gasteiger partial charge in [0.2, 0.25) is 0 Å². The lowest BCUT2D eigenvalue weighted by Gasteiger charge is -2.47. The minimum atomic E-state index is 0.115. The highest BCUT2D eigenvalue weighted by molar-refractivity contribution is 5.07. The van der Waals surface area contributed by atoms with Crippen molar-refractivity contribution in [2.75, 3.05) is 33.7 Å². The fourth-order valence-electron chi connectivity index (χ4n) is 2.80. The van der Waals surface area contributed by atoms with E-state index in [1.165, 1.54) is 24.9 Å². The minimum Gasteiger partial charge on any atom is -0.472 e. The molecule has 0 saturated carbocycles. The Bertz CT molecular complexity index is 338. The SMILES string of the molecule is CN1CCCC(CN)(N(C)Cc2ccoc2)C1. The predicted octanol–water partition coefficient (Wildman–Crippen LogP) is 1.13. The Morgan fingerprint density at radius 1 is 1.59 bits per heavy atom. The number of likely N-dealkylation sites (tertiary alicyclic amines) is 1. The van der Waals surface area contributed by atoms with Crippen LogP contribution in [0.25, 0.3) is 0 Å². The maximum absolute atomic E-state index is 6.04. The molecule has 2 heterocycles. The van der Waals surface area contributed by atoms with Crippen LogP contribution < -0.4 is 5.73 Å². The van der Waals surface area contributed by atoms with Crippen LogP contribution in [0.4, 0.5) is 0 Å². The number of piperidine rings is 1. The molecule has 0 spiro atoms. The van der Waals surface area contributed by atoms with Gasteiger partial charge in [0.1, 0.15) is 0 Å². The zero-order chi connectivity index (χ0) is 12.3. The van der Waals surface area contributed by atoms with E-state index in [1.807, 2.05) is 12.3 Å². The lowest BCUT2D eigenvalue weighted by atomic mass is 9.87. The maximum atomic E-state index is 6.04. The number of rotatable bonds is 4. The number of furan rings is 1. The zero-order valence-corrected chi connectivity index (χ0v) is 10.9. The molecule has 1 fully saturated rings. The first-order valence-corrected chi connectivity index (χ1v) is 6.27. The van der Waals surface area contributed by atoms with Gasteiger partial charge in [0, 0.05) is 30.7 Å². The summed E-state index contributed by atoms with van der Waals surface area (Å²) >= 11 is 0. The Morgan fingerprint density at radius 2 is 2.41 bits per heavy atom. The molecule has 1 aromatic rings. The van der Waals surface area contributed by atoms with Gasteiger partial charge < -0.3 is 15.1 Å². The van der Waals surface area contributed by atoms with Gasteiger partial charge in [-0.3, -0.25) is 4.90 Å². The van der Waals surface area contributed by atoms with E-state index in [1.54, 1.807) is 6.26 Å². The summed E-state index contributed by atoms with van der Waals surface area (Å²) < 4.78 is 5.12. The lowest BCUT2D eigenvalue weighted by molar-refractivity contribution is 0.0395. The molecular weight excluding hydrogens is 214 g/mol. The third-order valence-electron chi connectivity index (χ3n) is 3.94. The molecule has 4 heteroatoms. The second-order valence-electron chi connectivity index (χ2n) is 5.26. The summed E-state index contributed by atoms with van der Waals surface area (Å²) in [5.74, 6) is 0. The Labute approximate surface area is 103 Å². The van der Waals surface area contributed by atoms with E-state index in [-0.39, 0.29) is 5.54 Å². The number of hydrogen-bond donors (Lipinski definition) is 1. The summed E-state index contributed by atoms with van der Waals surface area (Å²) in [4.78, 5) is 4.76. The van der Waals surface area contributed by atoms with Crippen LogP contribution in [0.1, 0.15) is 18.4 Å². The van der Waals surface area contributed by atoms with Crippen molar-refractivity contribution in [1.82, 2.24) is 9.80 Å². The van der Waals surface area contributed by atoms with E-state index in [2.05, 4.69) is 23.9 Å². The molecule has 1 aliphatic rings. The normalized spacial score (nSPS) is 26.6. The lowest BCUT2D eigenvalue weighted by Crippen LogP contribution is -2.60. The van der Waals surface area contributed by atoms with Gasteiger partial charge in [-0.1, -0.05) is 0 Å². The molecule has 1 aromatic heterocycles. The van der Waals surface area contributed by atoms with Crippen LogP contribution in [0.5, 0.6) is 0 Å². The molecule has 2 N–H and O–H groups in total. The minimum absolute atomic E-state index is 0.115. The summed E-state index contributed by atoms with van der Waals surface area (Å²) in [5, 5.41) is 0. The molecule has 1 unspecified atom stereocenters. The van der Waals surface area contributed by atoms with Crippen LogP contribution in [-0.4, -0.2) is 49.1 Å². The van der Waals surface area contributed by atoms with E-state index in [9.17, 15) is 0 Å². The molecule has 0 bridgehead atoms. The highest BCUT2D eigenvalue weighted by Gasteiger charge is 2.36. The fourth-order valence-corrected chi connectivity index (χ4v) is 2.80. The monoisotopic (exact) mass is 237 g/mol. The average Bonchev–Trinajstić information content (AvgIpc) is 2.81. The highest BCUT2D eigenvalue weighted by Crippen LogP contribution is 2.26. The van der Waals surface area contributed by atoms with Crippen LogP contribution >= 0.6 is 0 Å². The van der Waals surface area contributed by atoms with Crippen molar-refractivity contribution >= 4 is 0 Å². The summed E-state index contributed by atoms with van der Waals surface area (Å²) in [5.41, 5.74) is 7.37. The van der Waals surface area contributed by atoms with Crippen molar-refractivity contribution in [1.29, 1.82) is 0 Å². The Hall–Kier alpha value is -0.840. The average molecular weight is 237 g/mol. The number of nitrogens with zero attached hydrogens (tertiary/aromatic N) is 2. The largest absolute Gasteiger partial charge is 0.472 e. The third-order valence-corrected chi connectivity index (χ3v) is 3.94. The zero-order valence-electron chi connectivity index (χ0n) is 10.9. The van der Waals surface area contributed by atoms with E-state index in [4.69, 9.17) is 10.2 Å². The molecule has 0 radical (unpaired) electrons. The molecule has 0 amide bonds. The number of hydrogen-bond acceptors (Lipinski definition) is 4. The second kappa shape index (κ2) is 5.21. The molecule has 0 aromatic carbocycles. The van der Waals surface area contributed by atoms with Crippen molar-refractivity contribution in [2.45, 2.75) is 24.9 Å². The summed E-state index contributed by atoms with van der Waals surface area (Å²) in [6.45, 7) is 3.85. The van der Waals surface area contributed by atoms with Crippen LogP contribution in [0.15, 0.2) is 23.0 Å². The van der Waals surface area contributed by atoms with Gasteiger partial charge in [-0.25, -0.2) is 0 Å². The molecule has 2 rings (SSSR count). The molecule has 1 saturated heterocycles. The molecule has 1 aliphatic heterocycles. The van der Waals surface area contributed by atoms with Crippen molar-refractivity contribution in [2.24, 2.45) is 5.73 Å². The first-order valence-electron chi connectivity index (χ1n) is 6.27. The van der Waals surface area contributed by atoms with Gasteiger partial charge in [-0.15, -0.1) is 0 Å². The van der Waals surface area contributed by atoms with Crippen molar-refractivity contribution in [3.05, 3.63) is 24.2 Å². The van der Waals surface area contributed by atoms with Crippen LogP contribution in [0.3, 0.4) is 0 Å². The molecular formula is C13H23N3O. The van der Waals surface area contributed by atoms with E-state index >= 15 is 0 Å². The quantitative estimate of drug-likeness (QED) is 0.853. The Kier molecular flexibility index (Phi) is 3.86. The van der Waals surface area contributed by atoms with E-state index < -0.39 is 0 Å². The maximum Gasteiger partial charge on any atom is 0.0947 e. The van der Waals surface area contributed by atoms with Gasteiger partial charge in [0.15, 0.2) is 0 Å². The second-order valence-corrected chi connectivity index (χ2v) is 5.26. The Morgan fingerprint density at radius 3 is 3.00 bits per heavy atom. The molecule has 0 aliphatic carbocycles.